The molecule has 0 saturated heterocycles. The Morgan fingerprint density at radius 3 is 3.00 bits per heavy atom. The molecule has 130 valence electrons. The zero-order valence-corrected chi connectivity index (χ0v) is 14.5. The second kappa shape index (κ2) is 7.06. The Balaban J connectivity index is 1.70. The number of nitrogens with zero attached hydrogens (tertiary/aromatic N) is 5. The Hall–Kier alpha value is -2.68. The van der Waals surface area contributed by atoms with Crippen LogP contribution >= 0.6 is 11.8 Å². The number of hydrogen-bond acceptors (Lipinski definition) is 6. The zero-order valence-electron chi connectivity index (χ0n) is 13.7. The smallest absolute Gasteiger partial charge is 0.269 e. The van der Waals surface area contributed by atoms with Crippen molar-refractivity contribution in [3.8, 4) is 0 Å². The van der Waals surface area contributed by atoms with Gasteiger partial charge < -0.3 is 9.47 Å². The van der Waals surface area contributed by atoms with Gasteiger partial charge in [0.05, 0.1) is 10.7 Å². The summed E-state index contributed by atoms with van der Waals surface area (Å²) in [5.41, 5.74) is 1.63. The highest BCUT2D eigenvalue weighted by molar-refractivity contribution is 7.99. The molecule has 0 fully saturated rings. The van der Waals surface area contributed by atoms with Crippen LogP contribution in [0.3, 0.4) is 0 Å². The standard InChI is InChI=1S/C16H17N5O3S/c1-3-7-19-11(2)17-18-16(19)25-10-15(22)20-8-6-12-9-13(21(23)24)4-5-14(12)20/h3-5,9H,1,6-8,10H2,2H3. The number of benzene rings is 1. The number of fused-ring (bicyclic) bond motifs is 1. The van der Waals surface area contributed by atoms with Crippen molar-refractivity contribution >= 4 is 29.0 Å². The van der Waals surface area contributed by atoms with Gasteiger partial charge in [-0.25, -0.2) is 0 Å². The van der Waals surface area contributed by atoms with E-state index in [1.54, 1.807) is 23.1 Å². The van der Waals surface area contributed by atoms with Crippen molar-refractivity contribution in [2.24, 2.45) is 0 Å². The molecule has 0 bridgehead atoms. The molecule has 1 amide bonds. The molecule has 0 unspecified atom stereocenters. The number of hydrogen-bond donors (Lipinski definition) is 0. The number of non-ortho nitro benzene ring substituents is 1. The number of aromatic nitrogens is 3. The van der Waals surface area contributed by atoms with Crippen LogP contribution in [0, 0.1) is 17.0 Å². The Labute approximate surface area is 148 Å². The summed E-state index contributed by atoms with van der Waals surface area (Å²) in [7, 11) is 0. The van der Waals surface area contributed by atoms with Gasteiger partial charge in [0.15, 0.2) is 5.16 Å². The monoisotopic (exact) mass is 359 g/mol. The highest BCUT2D eigenvalue weighted by atomic mass is 32.2. The van der Waals surface area contributed by atoms with Gasteiger partial charge in [-0.3, -0.25) is 14.9 Å². The molecular weight excluding hydrogens is 342 g/mol. The van der Waals surface area contributed by atoms with Crippen LogP contribution < -0.4 is 4.90 Å². The Kier molecular flexibility index (Phi) is 4.84. The minimum Gasteiger partial charge on any atom is -0.311 e. The summed E-state index contributed by atoms with van der Waals surface area (Å²) in [4.78, 5) is 24.7. The maximum Gasteiger partial charge on any atom is 0.269 e. The first kappa shape index (κ1) is 17.2. The topological polar surface area (TPSA) is 94.2 Å². The summed E-state index contributed by atoms with van der Waals surface area (Å²) in [6.45, 7) is 6.69. The van der Waals surface area contributed by atoms with Gasteiger partial charge in [-0.05, 0) is 25.0 Å². The average molecular weight is 359 g/mol. The first-order valence-corrected chi connectivity index (χ1v) is 8.71. The van der Waals surface area contributed by atoms with Gasteiger partial charge in [0.25, 0.3) is 5.69 Å². The predicted molar refractivity (Wildman–Crippen MR) is 94.8 cm³/mol. The molecule has 1 aromatic heterocycles. The van der Waals surface area contributed by atoms with Crippen LogP contribution in [-0.2, 0) is 17.8 Å². The van der Waals surface area contributed by atoms with Crippen LogP contribution in [0.2, 0.25) is 0 Å². The summed E-state index contributed by atoms with van der Waals surface area (Å²) in [6.07, 6.45) is 2.38. The van der Waals surface area contributed by atoms with Gasteiger partial charge in [-0.15, -0.1) is 16.8 Å². The van der Waals surface area contributed by atoms with Crippen LogP contribution in [0.15, 0.2) is 36.0 Å². The highest BCUT2D eigenvalue weighted by Gasteiger charge is 2.26. The zero-order chi connectivity index (χ0) is 18.0. The van der Waals surface area contributed by atoms with E-state index >= 15 is 0 Å². The molecule has 3 rings (SSSR count). The van der Waals surface area contributed by atoms with Crippen LogP contribution in [-0.4, -0.2) is 37.9 Å². The van der Waals surface area contributed by atoms with Crippen molar-refractivity contribution in [2.75, 3.05) is 17.2 Å². The Morgan fingerprint density at radius 2 is 2.28 bits per heavy atom. The summed E-state index contributed by atoms with van der Waals surface area (Å²) >= 11 is 1.33. The van der Waals surface area contributed by atoms with Crippen LogP contribution in [0.4, 0.5) is 11.4 Å². The first-order valence-electron chi connectivity index (χ1n) is 7.72. The molecule has 8 nitrogen and oxygen atoms in total. The second-order valence-corrected chi connectivity index (χ2v) is 6.53. The second-order valence-electron chi connectivity index (χ2n) is 5.58. The molecule has 0 atom stereocenters. The van der Waals surface area contributed by atoms with E-state index in [1.807, 2.05) is 11.5 Å². The lowest BCUT2D eigenvalue weighted by Gasteiger charge is -2.17. The number of rotatable bonds is 6. The summed E-state index contributed by atoms with van der Waals surface area (Å²) in [5.74, 6) is 0.947. The van der Waals surface area contributed by atoms with Gasteiger partial charge in [0.1, 0.15) is 5.82 Å². The van der Waals surface area contributed by atoms with Gasteiger partial charge in [0, 0.05) is 30.9 Å². The molecule has 1 aromatic carbocycles. The first-order chi connectivity index (χ1) is 12.0. The van der Waals surface area contributed by atoms with E-state index in [2.05, 4.69) is 16.8 Å². The fourth-order valence-corrected chi connectivity index (χ4v) is 3.64. The molecule has 0 N–H and O–H groups in total. The number of aryl methyl sites for hydroxylation is 1. The van der Waals surface area contributed by atoms with E-state index in [9.17, 15) is 14.9 Å². The third-order valence-electron chi connectivity index (χ3n) is 4.01. The number of carbonyl (C=O) groups excluding carboxylic acids is 1. The molecule has 0 radical (unpaired) electrons. The van der Waals surface area contributed by atoms with Crippen molar-refractivity contribution in [1.82, 2.24) is 14.8 Å². The van der Waals surface area contributed by atoms with Gasteiger partial charge in [-0.1, -0.05) is 17.8 Å². The summed E-state index contributed by atoms with van der Waals surface area (Å²) in [5, 5.41) is 19.7. The molecule has 2 heterocycles. The molecule has 25 heavy (non-hydrogen) atoms. The molecule has 1 aliphatic rings. The predicted octanol–water partition coefficient (Wildman–Crippen LogP) is 2.36. The Bertz CT molecular complexity index is 848. The maximum atomic E-state index is 12.6. The van der Waals surface area contributed by atoms with Crippen molar-refractivity contribution < 1.29 is 9.72 Å². The van der Waals surface area contributed by atoms with E-state index < -0.39 is 4.92 Å². The fraction of sp³-hybridized carbons (Fsp3) is 0.312. The van der Waals surface area contributed by atoms with Crippen molar-refractivity contribution in [3.05, 3.63) is 52.4 Å². The SMILES string of the molecule is C=CCn1c(C)nnc1SCC(=O)N1CCc2cc([N+](=O)[O-])ccc21. The van der Waals surface area contributed by atoms with Crippen LogP contribution in [0.25, 0.3) is 0 Å². The molecule has 0 spiro atoms. The number of amides is 1. The molecule has 0 saturated carbocycles. The third kappa shape index (κ3) is 3.41. The summed E-state index contributed by atoms with van der Waals surface area (Å²) in [6, 6.07) is 4.62. The average Bonchev–Trinajstić information content (AvgIpc) is 3.17. The number of thioether (sulfide) groups is 1. The summed E-state index contributed by atoms with van der Waals surface area (Å²) < 4.78 is 1.90. The molecule has 9 heteroatoms. The van der Waals surface area contributed by atoms with E-state index in [1.165, 1.54) is 17.8 Å². The molecule has 2 aromatic rings. The quantitative estimate of drug-likeness (QED) is 0.340. The van der Waals surface area contributed by atoms with Crippen LogP contribution in [0.5, 0.6) is 0 Å². The van der Waals surface area contributed by atoms with Gasteiger partial charge in [-0.2, -0.15) is 0 Å². The number of nitro benzene ring substituents is 1. The number of anilines is 1. The van der Waals surface area contributed by atoms with E-state index in [0.29, 0.717) is 24.7 Å². The lowest BCUT2D eigenvalue weighted by molar-refractivity contribution is -0.384. The number of nitro groups is 1. The lowest BCUT2D eigenvalue weighted by Crippen LogP contribution is -2.30. The minimum absolute atomic E-state index is 0.0513. The van der Waals surface area contributed by atoms with E-state index in [0.717, 1.165) is 17.1 Å². The van der Waals surface area contributed by atoms with E-state index in [-0.39, 0.29) is 17.3 Å². The van der Waals surface area contributed by atoms with Gasteiger partial charge in [0.2, 0.25) is 5.91 Å². The molecular formula is C16H17N5O3S. The lowest BCUT2D eigenvalue weighted by atomic mass is 10.1. The van der Waals surface area contributed by atoms with Crippen molar-refractivity contribution in [3.63, 3.8) is 0 Å². The molecule has 1 aliphatic heterocycles. The van der Waals surface area contributed by atoms with Crippen LogP contribution in [0.1, 0.15) is 11.4 Å². The third-order valence-corrected chi connectivity index (χ3v) is 4.96. The van der Waals surface area contributed by atoms with Crippen molar-refractivity contribution in [1.29, 1.82) is 0 Å². The maximum absolute atomic E-state index is 12.6. The van der Waals surface area contributed by atoms with Crippen molar-refractivity contribution in [2.45, 2.75) is 25.0 Å². The number of carbonyl (C=O) groups is 1. The van der Waals surface area contributed by atoms with Gasteiger partial charge >= 0.3 is 0 Å². The highest BCUT2D eigenvalue weighted by Crippen LogP contribution is 2.32. The minimum atomic E-state index is -0.421. The largest absolute Gasteiger partial charge is 0.311 e. The normalized spacial score (nSPS) is 12.9. The molecule has 0 aliphatic carbocycles. The fourth-order valence-electron chi connectivity index (χ4n) is 2.77. The number of allylic oxidation sites excluding steroid dienone is 1. The Morgan fingerprint density at radius 1 is 1.48 bits per heavy atom. The van der Waals surface area contributed by atoms with E-state index in [4.69, 9.17) is 0 Å².